The van der Waals surface area contributed by atoms with Crippen LogP contribution in [-0.4, -0.2) is 64.4 Å². The lowest BCUT2D eigenvalue weighted by atomic mass is 9.97. The first-order valence-corrected chi connectivity index (χ1v) is 8.39. The van der Waals surface area contributed by atoms with Crippen molar-refractivity contribution in [3.63, 3.8) is 0 Å². The molecular formula is C18H20FN3O4. The number of nitrogens with one attached hydrogen (secondary N) is 1. The molecule has 1 aliphatic heterocycles. The van der Waals surface area contributed by atoms with Crippen LogP contribution in [0.1, 0.15) is 23.3 Å². The molecule has 2 aromatic rings. The number of carboxylic acids is 1. The summed E-state index contributed by atoms with van der Waals surface area (Å²) < 4.78 is 13.3. The number of aromatic nitrogens is 1. The molecule has 1 aromatic heterocycles. The van der Waals surface area contributed by atoms with Crippen molar-refractivity contribution in [2.45, 2.75) is 12.8 Å². The van der Waals surface area contributed by atoms with Gasteiger partial charge in [0.15, 0.2) is 0 Å². The number of hydrogen-bond donors (Lipinski definition) is 2. The Morgan fingerprint density at radius 3 is 2.62 bits per heavy atom. The third kappa shape index (κ3) is 3.68. The monoisotopic (exact) mass is 361 g/mol. The van der Waals surface area contributed by atoms with Crippen molar-refractivity contribution < 1.29 is 23.9 Å². The molecule has 3 rings (SSSR count). The molecule has 1 aromatic carbocycles. The fourth-order valence-corrected chi connectivity index (χ4v) is 3.17. The highest BCUT2D eigenvalue weighted by Gasteiger charge is 2.28. The van der Waals surface area contributed by atoms with E-state index < -0.39 is 11.9 Å². The van der Waals surface area contributed by atoms with Gasteiger partial charge in [-0.2, -0.15) is 0 Å². The summed E-state index contributed by atoms with van der Waals surface area (Å²) in [6, 6.07) is 5.75. The maximum atomic E-state index is 13.3. The van der Waals surface area contributed by atoms with Gasteiger partial charge in [0.05, 0.1) is 12.5 Å². The summed E-state index contributed by atoms with van der Waals surface area (Å²) in [4.78, 5) is 41.7. The van der Waals surface area contributed by atoms with E-state index in [1.54, 1.807) is 17.0 Å². The standard InChI is InChI=1S/C18H20FN3O4/c1-21(10-16(23)22-6-4-11(5-7-22)18(25)26)17(24)15-9-12-8-13(19)2-3-14(12)20-15/h2-3,8-9,11,20H,4-7,10H2,1H3,(H,25,26). The summed E-state index contributed by atoms with van der Waals surface area (Å²) in [7, 11) is 1.52. The highest BCUT2D eigenvalue weighted by atomic mass is 19.1. The minimum absolute atomic E-state index is 0.0969. The molecule has 7 nitrogen and oxygen atoms in total. The van der Waals surface area contributed by atoms with E-state index in [4.69, 9.17) is 5.11 Å². The fraction of sp³-hybridized carbons (Fsp3) is 0.389. The van der Waals surface area contributed by atoms with E-state index in [0.717, 1.165) is 0 Å². The second-order valence-electron chi connectivity index (χ2n) is 6.57. The third-order valence-corrected chi connectivity index (χ3v) is 4.73. The van der Waals surface area contributed by atoms with E-state index in [1.165, 1.54) is 24.1 Å². The highest BCUT2D eigenvalue weighted by Crippen LogP contribution is 2.19. The number of likely N-dealkylation sites (tertiary alicyclic amines) is 1. The van der Waals surface area contributed by atoms with Gasteiger partial charge in [-0.1, -0.05) is 0 Å². The van der Waals surface area contributed by atoms with Crippen molar-refractivity contribution in [1.29, 1.82) is 0 Å². The fourth-order valence-electron chi connectivity index (χ4n) is 3.17. The Kier molecular flexibility index (Phi) is 4.92. The average Bonchev–Trinajstić information content (AvgIpc) is 3.04. The van der Waals surface area contributed by atoms with Crippen LogP contribution in [0.3, 0.4) is 0 Å². The molecule has 1 fully saturated rings. The van der Waals surface area contributed by atoms with Gasteiger partial charge in [0.25, 0.3) is 5.91 Å². The minimum atomic E-state index is -0.834. The van der Waals surface area contributed by atoms with E-state index in [-0.39, 0.29) is 29.9 Å². The lowest BCUT2D eigenvalue weighted by molar-refractivity contribution is -0.145. The number of aromatic amines is 1. The third-order valence-electron chi connectivity index (χ3n) is 4.73. The Morgan fingerprint density at radius 2 is 1.96 bits per heavy atom. The van der Waals surface area contributed by atoms with Gasteiger partial charge in [-0.3, -0.25) is 14.4 Å². The Hall–Kier alpha value is -2.90. The van der Waals surface area contributed by atoms with Gasteiger partial charge in [-0.25, -0.2) is 4.39 Å². The summed E-state index contributed by atoms with van der Waals surface area (Å²) in [5.74, 6) is -2.21. The first-order chi connectivity index (χ1) is 12.3. The predicted octanol–water partition coefficient (Wildman–Crippen LogP) is 1.70. The number of benzene rings is 1. The Bertz CT molecular complexity index is 855. The van der Waals surface area contributed by atoms with Crippen molar-refractivity contribution in [3.8, 4) is 0 Å². The first-order valence-electron chi connectivity index (χ1n) is 8.39. The second kappa shape index (κ2) is 7.15. The maximum Gasteiger partial charge on any atom is 0.306 e. The van der Waals surface area contributed by atoms with Crippen molar-refractivity contribution in [1.82, 2.24) is 14.8 Å². The van der Waals surface area contributed by atoms with Crippen LogP contribution >= 0.6 is 0 Å². The molecule has 0 aliphatic carbocycles. The number of carbonyl (C=O) groups is 3. The van der Waals surface area contributed by atoms with E-state index in [1.807, 2.05) is 0 Å². The zero-order chi connectivity index (χ0) is 18.8. The lowest BCUT2D eigenvalue weighted by Gasteiger charge is -2.31. The molecule has 0 saturated carbocycles. The Morgan fingerprint density at radius 1 is 1.27 bits per heavy atom. The highest BCUT2D eigenvalue weighted by molar-refractivity contribution is 5.99. The number of H-pyrrole nitrogens is 1. The molecule has 2 amide bonds. The van der Waals surface area contributed by atoms with Crippen molar-refractivity contribution >= 4 is 28.7 Å². The van der Waals surface area contributed by atoms with Gasteiger partial charge in [0, 0.05) is 31.0 Å². The van der Waals surface area contributed by atoms with Crippen LogP contribution in [0.25, 0.3) is 10.9 Å². The number of nitrogens with zero attached hydrogens (tertiary/aromatic N) is 2. The van der Waals surface area contributed by atoms with Gasteiger partial charge in [-0.05, 0) is 37.1 Å². The maximum absolute atomic E-state index is 13.3. The van der Waals surface area contributed by atoms with Crippen LogP contribution in [-0.2, 0) is 9.59 Å². The average molecular weight is 361 g/mol. The second-order valence-corrected chi connectivity index (χ2v) is 6.57. The number of rotatable bonds is 4. The molecule has 8 heteroatoms. The molecule has 1 saturated heterocycles. The minimum Gasteiger partial charge on any atom is -0.481 e. The quantitative estimate of drug-likeness (QED) is 0.867. The van der Waals surface area contributed by atoms with Crippen LogP contribution in [0.15, 0.2) is 24.3 Å². The molecule has 1 aliphatic rings. The zero-order valence-electron chi connectivity index (χ0n) is 14.4. The molecule has 2 heterocycles. The topological polar surface area (TPSA) is 93.7 Å². The van der Waals surface area contributed by atoms with E-state index in [2.05, 4.69) is 4.98 Å². The number of halogens is 1. The Balaban J connectivity index is 1.61. The number of hydrogen-bond acceptors (Lipinski definition) is 3. The number of likely N-dealkylation sites (N-methyl/N-ethyl adjacent to an activating group) is 1. The van der Waals surface area contributed by atoms with Crippen molar-refractivity contribution in [3.05, 3.63) is 35.8 Å². The molecule has 0 atom stereocenters. The molecule has 0 bridgehead atoms. The number of amides is 2. The number of piperidine rings is 1. The van der Waals surface area contributed by atoms with Crippen LogP contribution in [0.2, 0.25) is 0 Å². The summed E-state index contributed by atoms with van der Waals surface area (Å²) >= 11 is 0. The van der Waals surface area contributed by atoms with Crippen LogP contribution in [0, 0.1) is 11.7 Å². The van der Waals surface area contributed by atoms with Gasteiger partial charge in [-0.15, -0.1) is 0 Å². The largest absolute Gasteiger partial charge is 0.481 e. The van der Waals surface area contributed by atoms with E-state index in [0.29, 0.717) is 36.8 Å². The predicted molar refractivity (Wildman–Crippen MR) is 92.2 cm³/mol. The Labute approximate surface area is 149 Å². The molecule has 26 heavy (non-hydrogen) atoms. The van der Waals surface area contributed by atoms with E-state index in [9.17, 15) is 18.8 Å². The van der Waals surface area contributed by atoms with Crippen LogP contribution in [0.4, 0.5) is 4.39 Å². The normalized spacial score (nSPS) is 15.2. The van der Waals surface area contributed by atoms with E-state index >= 15 is 0 Å². The van der Waals surface area contributed by atoms with Gasteiger partial charge in [0.2, 0.25) is 5.91 Å². The number of fused-ring (bicyclic) bond motifs is 1. The summed E-state index contributed by atoms with van der Waals surface area (Å²) in [5.41, 5.74) is 0.927. The molecule has 2 N–H and O–H groups in total. The van der Waals surface area contributed by atoms with Gasteiger partial charge < -0.3 is 19.9 Å². The van der Waals surface area contributed by atoms with Crippen molar-refractivity contribution in [2.75, 3.05) is 26.7 Å². The van der Waals surface area contributed by atoms with Gasteiger partial charge in [0.1, 0.15) is 11.5 Å². The SMILES string of the molecule is CN(CC(=O)N1CCC(C(=O)O)CC1)C(=O)c1cc2cc(F)ccc2[nH]1. The zero-order valence-corrected chi connectivity index (χ0v) is 14.4. The summed E-state index contributed by atoms with van der Waals surface area (Å²) in [6.45, 7) is 0.660. The molecule has 0 radical (unpaired) electrons. The van der Waals surface area contributed by atoms with Crippen molar-refractivity contribution in [2.24, 2.45) is 5.92 Å². The van der Waals surface area contributed by atoms with Gasteiger partial charge >= 0.3 is 5.97 Å². The molecule has 0 unspecified atom stereocenters. The summed E-state index contributed by atoms with van der Waals surface area (Å²) in [6.07, 6.45) is 0.846. The molecule has 0 spiro atoms. The number of carbonyl (C=O) groups excluding carboxylic acids is 2. The first kappa shape index (κ1) is 17.9. The van der Waals surface area contributed by atoms with Crippen LogP contribution < -0.4 is 0 Å². The van der Waals surface area contributed by atoms with Crippen LogP contribution in [0.5, 0.6) is 0 Å². The lowest BCUT2D eigenvalue weighted by Crippen LogP contribution is -2.45. The number of aliphatic carboxylic acids is 1. The number of carboxylic acid groups (broad SMARTS) is 1. The molecule has 138 valence electrons. The summed E-state index contributed by atoms with van der Waals surface area (Å²) in [5, 5.41) is 9.59. The smallest absolute Gasteiger partial charge is 0.306 e. The molecular weight excluding hydrogens is 341 g/mol.